The highest BCUT2D eigenvalue weighted by Crippen LogP contribution is 2.24. The predicted octanol–water partition coefficient (Wildman–Crippen LogP) is 2.57. The second kappa shape index (κ2) is 5.07. The van der Waals surface area contributed by atoms with Crippen molar-refractivity contribution in [3.05, 3.63) is 60.0 Å². The Bertz CT molecular complexity index is 922. The number of aromatic amines is 1. The minimum absolute atomic E-state index is 0.668. The van der Waals surface area contributed by atoms with Gasteiger partial charge in [0.1, 0.15) is 11.5 Å². The summed E-state index contributed by atoms with van der Waals surface area (Å²) in [6.45, 7) is 2.52. The Morgan fingerprint density at radius 2 is 1.95 bits per heavy atom. The molecule has 4 aromatic rings. The Hall–Kier alpha value is -3.02. The normalized spacial score (nSPS) is 11.1. The molecular formula is C16H14N6. The Labute approximate surface area is 126 Å². The highest BCUT2D eigenvalue weighted by molar-refractivity contribution is 5.89. The number of rotatable bonds is 3. The van der Waals surface area contributed by atoms with Crippen molar-refractivity contribution in [3.8, 4) is 11.5 Å². The van der Waals surface area contributed by atoms with E-state index in [1.54, 1.807) is 6.20 Å². The molecule has 3 heterocycles. The molecule has 22 heavy (non-hydrogen) atoms. The largest absolute Gasteiger partial charge is 0.258 e. The quantitative estimate of drug-likeness (QED) is 0.629. The van der Waals surface area contributed by atoms with Crippen molar-refractivity contribution < 1.29 is 0 Å². The zero-order chi connectivity index (χ0) is 14.9. The molecule has 0 fully saturated rings. The molecule has 0 amide bonds. The number of nitrogens with one attached hydrogen (secondary N) is 1. The summed E-state index contributed by atoms with van der Waals surface area (Å²) in [5, 5.41) is 12.7. The standard InChI is InChI=1S/C16H14N6/c1-11-18-15(20-19-11)14-13-8-5-9-17-16(13)22(21-14)10-12-6-3-2-4-7-12/h2-9H,10H2,1H3,(H,18,19,20). The maximum absolute atomic E-state index is 4.69. The molecular weight excluding hydrogens is 276 g/mol. The summed E-state index contributed by atoms with van der Waals surface area (Å²) in [5.74, 6) is 1.37. The zero-order valence-electron chi connectivity index (χ0n) is 12.1. The van der Waals surface area contributed by atoms with Gasteiger partial charge in [-0.3, -0.25) is 5.10 Å². The van der Waals surface area contributed by atoms with Crippen LogP contribution in [0.2, 0.25) is 0 Å². The van der Waals surface area contributed by atoms with E-state index in [2.05, 4.69) is 37.4 Å². The third-order valence-electron chi connectivity index (χ3n) is 3.50. The van der Waals surface area contributed by atoms with Crippen LogP contribution < -0.4 is 0 Å². The molecule has 0 saturated heterocycles. The lowest BCUT2D eigenvalue weighted by Crippen LogP contribution is -2.02. The summed E-state index contributed by atoms with van der Waals surface area (Å²) < 4.78 is 1.90. The second-order valence-electron chi connectivity index (χ2n) is 5.10. The molecule has 0 atom stereocenters. The topological polar surface area (TPSA) is 72.3 Å². The number of fused-ring (bicyclic) bond motifs is 1. The van der Waals surface area contributed by atoms with Gasteiger partial charge in [-0.05, 0) is 24.6 Å². The maximum atomic E-state index is 4.69. The molecule has 0 unspecified atom stereocenters. The number of aromatic nitrogens is 6. The number of nitrogens with zero attached hydrogens (tertiary/aromatic N) is 5. The number of aryl methyl sites for hydroxylation is 1. The Kier molecular flexibility index (Phi) is 2.93. The van der Waals surface area contributed by atoms with Crippen molar-refractivity contribution in [3.63, 3.8) is 0 Å². The SMILES string of the molecule is Cc1n[nH]c(-c2nn(Cc3ccccc3)c3ncccc23)n1. The van der Waals surface area contributed by atoms with Crippen molar-refractivity contribution >= 4 is 11.0 Å². The van der Waals surface area contributed by atoms with Crippen molar-refractivity contribution in [2.75, 3.05) is 0 Å². The van der Waals surface area contributed by atoms with Gasteiger partial charge in [0.05, 0.1) is 11.9 Å². The fourth-order valence-electron chi connectivity index (χ4n) is 2.50. The molecule has 6 nitrogen and oxygen atoms in total. The van der Waals surface area contributed by atoms with Crippen LogP contribution in [0.3, 0.4) is 0 Å². The van der Waals surface area contributed by atoms with Gasteiger partial charge in [0.2, 0.25) is 0 Å². The van der Waals surface area contributed by atoms with Gasteiger partial charge in [-0.25, -0.2) is 14.6 Å². The van der Waals surface area contributed by atoms with E-state index in [1.807, 2.05) is 41.9 Å². The minimum atomic E-state index is 0.668. The fraction of sp³-hybridized carbons (Fsp3) is 0.125. The first kappa shape index (κ1) is 12.7. The molecule has 4 rings (SSSR count). The summed E-state index contributed by atoms with van der Waals surface area (Å²) in [6, 6.07) is 14.1. The Morgan fingerprint density at radius 1 is 1.09 bits per heavy atom. The van der Waals surface area contributed by atoms with Crippen molar-refractivity contribution in [1.82, 2.24) is 29.9 Å². The first-order valence-electron chi connectivity index (χ1n) is 7.06. The highest BCUT2D eigenvalue weighted by Gasteiger charge is 2.15. The molecule has 0 saturated carbocycles. The average Bonchev–Trinajstić information content (AvgIpc) is 3.13. The van der Waals surface area contributed by atoms with Crippen LogP contribution in [0.5, 0.6) is 0 Å². The molecule has 0 radical (unpaired) electrons. The number of benzene rings is 1. The molecule has 3 aromatic heterocycles. The summed E-state index contributed by atoms with van der Waals surface area (Å²) in [5.41, 5.74) is 2.80. The highest BCUT2D eigenvalue weighted by atomic mass is 15.3. The Morgan fingerprint density at radius 3 is 2.73 bits per heavy atom. The molecule has 0 aliphatic rings. The lowest BCUT2D eigenvalue weighted by atomic mass is 10.2. The van der Waals surface area contributed by atoms with Gasteiger partial charge in [-0.15, -0.1) is 0 Å². The van der Waals surface area contributed by atoms with E-state index in [1.165, 1.54) is 5.56 Å². The van der Waals surface area contributed by atoms with E-state index < -0.39 is 0 Å². The molecule has 108 valence electrons. The molecule has 0 aliphatic heterocycles. The molecule has 1 aromatic carbocycles. The van der Waals surface area contributed by atoms with Crippen molar-refractivity contribution in [2.24, 2.45) is 0 Å². The minimum Gasteiger partial charge on any atom is -0.258 e. The van der Waals surface area contributed by atoms with Crippen LogP contribution in [-0.2, 0) is 6.54 Å². The number of H-pyrrole nitrogens is 1. The third-order valence-corrected chi connectivity index (χ3v) is 3.50. The van der Waals surface area contributed by atoms with E-state index >= 15 is 0 Å². The molecule has 6 heteroatoms. The van der Waals surface area contributed by atoms with E-state index in [4.69, 9.17) is 0 Å². The van der Waals surface area contributed by atoms with Crippen molar-refractivity contribution in [1.29, 1.82) is 0 Å². The van der Waals surface area contributed by atoms with Crippen molar-refractivity contribution in [2.45, 2.75) is 13.5 Å². The predicted molar refractivity (Wildman–Crippen MR) is 83.2 cm³/mol. The van der Waals surface area contributed by atoms with Crippen LogP contribution in [0.1, 0.15) is 11.4 Å². The number of pyridine rings is 1. The molecule has 1 N–H and O–H groups in total. The summed E-state index contributed by atoms with van der Waals surface area (Å²) in [6.07, 6.45) is 1.78. The monoisotopic (exact) mass is 290 g/mol. The summed E-state index contributed by atoms with van der Waals surface area (Å²) in [4.78, 5) is 8.85. The van der Waals surface area contributed by atoms with Gasteiger partial charge in [-0.2, -0.15) is 10.2 Å². The van der Waals surface area contributed by atoms with Crippen LogP contribution in [-0.4, -0.2) is 29.9 Å². The van der Waals surface area contributed by atoms with Gasteiger partial charge in [0.15, 0.2) is 11.5 Å². The van der Waals surface area contributed by atoms with Crippen LogP contribution in [0.15, 0.2) is 48.7 Å². The number of hydrogen-bond donors (Lipinski definition) is 1. The third kappa shape index (κ3) is 2.14. The smallest absolute Gasteiger partial charge is 0.177 e. The summed E-state index contributed by atoms with van der Waals surface area (Å²) >= 11 is 0. The van der Waals surface area contributed by atoms with Gasteiger partial charge in [-0.1, -0.05) is 30.3 Å². The lowest BCUT2D eigenvalue weighted by Gasteiger charge is -2.02. The lowest BCUT2D eigenvalue weighted by molar-refractivity contribution is 0.705. The average molecular weight is 290 g/mol. The first-order valence-corrected chi connectivity index (χ1v) is 7.06. The maximum Gasteiger partial charge on any atom is 0.177 e. The first-order chi connectivity index (χ1) is 10.8. The van der Waals surface area contributed by atoms with E-state index in [0.717, 1.165) is 16.7 Å². The van der Waals surface area contributed by atoms with Crippen LogP contribution in [0.25, 0.3) is 22.6 Å². The second-order valence-corrected chi connectivity index (χ2v) is 5.10. The van der Waals surface area contributed by atoms with Crippen LogP contribution >= 0.6 is 0 Å². The Balaban J connectivity index is 1.86. The molecule has 0 bridgehead atoms. The summed E-state index contributed by atoms with van der Waals surface area (Å²) in [7, 11) is 0. The molecule has 0 aliphatic carbocycles. The van der Waals surface area contributed by atoms with Gasteiger partial charge in [0.25, 0.3) is 0 Å². The van der Waals surface area contributed by atoms with Gasteiger partial charge < -0.3 is 0 Å². The molecule has 0 spiro atoms. The van der Waals surface area contributed by atoms with Crippen LogP contribution in [0.4, 0.5) is 0 Å². The van der Waals surface area contributed by atoms with E-state index in [-0.39, 0.29) is 0 Å². The van der Waals surface area contributed by atoms with E-state index in [0.29, 0.717) is 18.2 Å². The number of hydrogen-bond acceptors (Lipinski definition) is 4. The zero-order valence-corrected chi connectivity index (χ0v) is 12.1. The fourth-order valence-corrected chi connectivity index (χ4v) is 2.50. The van der Waals surface area contributed by atoms with E-state index in [9.17, 15) is 0 Å². The van der Waals surface area contributed by atoms with Crippen LogP contribution in [0, 0.1) is 6.92 Å². The van der Waals surface area contributed by atoms with Gasteiger partial charge in [0, 0.05) is 6.20 Å². The van der Waals surface area contributed by atoms with Gasteiger partial charge >= 0.3 is 0 Å².